The minimum atomic E-state index is 0.00166. The highest BCUT2D eigenvalue weighted by atomic mass is 16.5. The lowest BCUT2D eigenvalue weighted by Gasteiger charge is -2.24. The van der Waals surface area contributed by atoms with Crippen molar-refractivity contribution in [2.24, 2.45) is 5.92 Å². The quantitative estimate of drug-likeness (QED) is 0.819. The number of hydrogen-bond donors (Lipinski definition) is 0. The van der Waals surface area contributed by atoms with Gasteiger partial charge in [0, 0.05) is 44.8 Å². The second-order valence-corrected chi connectivity index (χ2v) is 6.92. The van der Waals surface area contributed by atoms with Gasteiger partial charge in [0.1, 0.15) is 5.76 Å². The monoisotopic (exact) mass is 349 g/mol. The Kier molecular flexibility index (Phi) is 5.73. The van der Waals surface area contributed by atoms with Crippen molar-refractivity contribution in [1.29, 1.82) is 0 Å². The van der Waals surface area contributed by atoms with Crippen molar-refractivity contribution in [3.8, 4) is 0 Å². The summed E-state index contributed by atoms with van der Waals surface area (Å²) in [7, 11) is 0. The Labute approximate surface area is 148 Å². The number of ether oxygens (including phenoxy) is 1. The summed E-state index contributed by atoms with van der Waals surface area (Å²) in [5, 5.41) is 3.93. The average molecular weight is 349 g/mol. The highest BCUT2D eigenvalue weighted by molar-refractivity contribution is 5.80. The van der Waals surface area contributed by atoms with Gasteiger partial charge >= 0.3 is 0 Å². The molecule has 0 aliphatic carbocycles. The lowest BCUT2D eigenvalue weighted by atomic mass is 10.1. The zero-order valence-electron chi connectivity index (χ0n) is 15.1. The Bertz CT molecular complexity index is 602. The minimum absolute atomic E-state index is 0.00166. The van der Waals surface area contributed by atoms with E-state index in [1.54, 1.807) is 0 Å². The van der Waals surface area contributed by atoms with Gasteiger partial charge in [-0.1, -0.05) is 5.16 Å². The van der Waals surface area contributed by atoms with Crippen LogP contribution in [-0.4, -0.2) is 66.2 Å². The number of carbonyl (C=O) groups excluding carboxylic acids is 2. The summed E-state index contributed by atoms with van der Waals surface area (Å²) >= 11 is 0. The van der Waals surface area contributed by atoms with Gasteiger partial charge in [0.05, 0.1) is 18.2 Å². The molecule has 7 nitrogen and oxygen atoms in total. The fourth-order valence-electron chi connectivity index (χ4n) is 3.62. The van der Waals surface area contributed by atoms with E-state index in [-0.39, 0.29) is 17.7 Å². The highest BCUT2D eigenvalue weighted by Gasteiger charge is 2.29. The first kappa shape index (κ1) is 17.9. The van der Waals surface area contributed by atoms with Crippen LogP contribution in [0.3, 0.4) is 0 Å². The third-order valence-corrected chi connectivity index (χ3v) is 5.21. The molecule has 2 saturated heterocycles. The second-order valence-electron chi connectivity index (χ2n) is 6.92. The third-order valence-electron chi connectivity index (χ3n) is 5.21. The average Bonchev–Trinajstić information content (AvgIpc) is 3.16. The van der Waals surface area contributed by atoms with E-state index in [0.717, 1.165) is 36.4 Å². The van der Waals surface area contributed by atoms with Gasteiger partial charge in [-0.3, -0.25) is 9.59 Å². The maximum Gasteiger partial charge on any atom is 0.228 e. The Morgan fingerprint density at radius 2 is 1.92 bits per heavy atom. The molecule has 25 heavy (non-hydrogen) atoms. The van der Waals surface area contributed by atoms with Gasteiger partial charge in [0.2, 0.25) is 11.8 Å². The van der Waals surface area contributed by atoms with Crippen LogP contribution in [0.5, 0.6) is 0 Å². The molecule has 0 N–H and O–H groups in total. The first-order valence-electron chi connectivity index (χ1n) is 9.12. The highest BCUT2D eigenvalue weighted by Crippen LogP contribution is 2.18. The van der Waals surface area contributed by atoms with Crippen molar-refractivity contribution in [3.05, 3.63) is 17.0 Å². The molecule has 3 rings (SSSR count). The number of aromatic nitrogens is 1. The molecule has 1 atom stereocenters. The SMILES string of the molecule is Cc1noc(C)c1CCC(=O)N1CCCN(C(=O)C2CCOC2)CC1. The molecule has 138 valence electrons. The maximum absolute atomic E-state index is 12.6. The number of aryl methyl sites for hydroxylation is 2. The van der Waals surface area contributed by atoms with E-state index in [1.165, 1.54) is 0 Å². The van der Waals surface area contributed by atoms with Crippen molar-refractivity contribution in [3.63, 3.8) is 0 Å². The lowest BCUT2D eigenvalue weighted by molar-refractivity contribution is -0.136. The van der Waals surface area contributed by atoms with Gasteiger partial charge in [-0.2, -0.15) is 0 Å². The largest absolute Gasteiger partial charge is 0.381 e. The predicted octanol–water partition coefficient (Wildman–Crippen LogP) is 1.32. The summed E-state index contributed by atoms with van der Waals surface area (Å²) in [6.45, 7) is 7.66. The molecule has 1 unspecified atom stereocenters. The van der Waals surface area contributed by atoms with Crippen LogP contribution in [0, 0.1) is 19.8 Å². The standard InChI is InChI=1S/C18H27N3O4/c1-13-16(14(2)25-19-13)4-5-17(22)20-7-3-8-21(10-9-20)18(23)15-6-11-24-12-15/h15H,3-12H2,1-2H3. The van der Waals surface area contributed by atoms with Crippen molar-refractivity contribution >= 4 is 11.8 Å². The van der Waals surface area contributed by atoms with Gasteiger partial charge in [-0.25, -0.2) is 0 Å². The van der Waals surface area contributed by atoms with Crippen LogP contribution < -0.4 is 0 Å². The smallest absolute Gasteiger partial charge is 0.228 e. The molecule has 3 heterocycles. The molecule has 1 aromatic rings. The van der Waals surface area contributed by atoms with Gasteiger partial charge in [-0.05, 0) is 33.1 Å². The zero-order chi connectivity index (χ0) is 17.8. The molecule has 0 bridgehead atoms. The first-order valence-corrected chi connectivity index (χ1v) is 9.12. The van der Waals surface area contributed by atoms with Crippen LogP contribution in [0.1, 0.15) is 36.3 Å². The molecule has 2 aliphatic heterocycles. The Morgan fingerprint density at radius 1 is 1.16 bits per heavy atom. The van der Waals surface area contributed by atoms with Crippen molar-refractivity contribution in [1.82, 2.24) is 15.0 Å². The van der Waals surface area contributed by atoms with Crippen molar-refractivity contribution in [2.75, 3.05) is 39.4 Å². The molecular formula is C18H27N3O4. The van der Waals surface area contributed by atoms with Crippen LogP contribution in [-0.2, 0) is 20.7 Å². The van der Waals surface area contributed by atoms with Crippen LogP contribution in [0.15, 0.2) is 4.52 Å². The number of amides is 2. The first-order chi connectivity index (χ1) is 12.1. The van der Waals surface area contributed by atoms with E-state index in [0.29, 0.717) is 45.7 Å². The molecule has 2 fully saturated rings. The molecule has 0 saturated carbocycles. The van der Waals surface area contributed by atoms with Crippen molar-refractivity contribution in [2.45, 2.75) is 39.5 Å². The summed E-state index contributed by atoms with van der Waals surface area (Å²) in [5.41, 5.74) is 1.89. The van der Waals surface area contributed by atoms with Gasteiger partial charge in [0.15, 0.2) is 0 Å². The molecule has 2 amide bonds. The van der Waals surface area contributed by atoms with E-state index in [9.17, 15) is 9.59 Å². The summed E-state index contributed by atoms with van der Waals surface area (Å²) in [5.74, 6) is 1.11. The Hall–Kier alpha value is -1.89. The van der Waals surface area contributed by atoms with Gasteiger partial charge in [0.25, 0.3) is 0 Å². The minimum Gasteiger partial charge on any atom is -0.381 e. The molecular weight excluding hydrogens is 322 g/mol. The Morgan fingerprint density at radius 3 is 2.60 bits per heavy atom. The third kappa shape index (κ3) is 4.21. The fraction of sp³-hybridized carbons (Fsp3) is 0.722. The molecule has 7 heteroatoms. The maximum atomic E-state index is 12.6. The number of nitrogens with zero attached hydrogens (tertiary/aromatic N) is 3. The summed E-state index contributed by atoms with van der Waals surface area (Å²) < 4.78 is 10.5. The number of rotatable bonds is 4. The van der Waals surface area contributed by atoms with Crippen LogP contribution >= 0.6 is 0 Å². The lowest BCUT2D eigenvalue weighted by Crippen LogP contribution is -2.40. The topological polar surface area (TPSA) is 75.9 Å². The van der Waals surface area contributed by atoms with E-state index in [1.807, 2.05) is 23.6 Å². The second kappa shape index (κ2) is 7.99. The predicted molar refractivity (Wildman–Crippen MR) is 91.0 cm³/mol. The zero-order valence-corrected chi connectivity index (χ0v) is 15.1. The number of carbonyl (C=O) groups is 2. The molecule has 1 aromatic heterocycles. The van der Waals surface area contributed by atoms with E-state index in [4.69, 9.17) is 9.26 Å². The van der Waals surface area contributed by atoms with Crippen LogP contribution in [0.4, 0.5) is 0 Å². The van der Waals surface area contributed by atoms with E-state index >= 15 is 0 Å². The molecule has 0 spiro atoms. The van der Waals surface area contributed by atoms with Gasteiger partial charge < -0.3 is 19.1 Å². The summed E-state index contributed by atoms with van der Waals surface area (Å²) in [4.78, 5) is 28.9. The molecule has 2 aliphatic rings. The fourth-order valence-corrected chi connectivity index (χ4v) is 3.62. The normalized spacial score (nSPS) is 21.4. The van der Waals surface area contributed by atoms with Crippen molar-refractivity contribution < 1.29 is 18.8 Å². The summed E-state index contributed by atoms with van der Waals surface area (Å²) in [6.07, 6.45) is 2.75. The van der Waals surface area contributed by atoms with E-state index in [2.05, 4.69) is 5.16 Å². The Balaban J connectivity index is 1.50. The number of hydrogen-bond acceptors (Lipinski definition) is 5. The van der Waals surface area contributed by atoms with Crippen LogP contribution in [0.2, 0.25) is 0 Å². The summed E-state index contributed by atoms with van der Waals surface area (Å²) in [6, 6.07) is 0. The molecule has 0 aromatic carbocycles. The van der Waals surface area contributed by atoms with Crippen LogP contribution in [0.25, 0.3) is 0 Å². The van der Waals surface area contributed by atoms with Gasteiger partial charge in [-0.15, -0.1) is 0 Å². The molecule has 0 radical (unpaired) electrons. The van der Waals surface area contributed by atoms with E-state index < -0.39 is 0 Å².